The minimum atomic E-state index is 0. The van der Waals surface area contributed by atoms with Crippen molar-refractivity contribution in [1.82, 2.24) is 0 Å². The number of hydrogen-bond acceptors (Lipinski definition) is 2. The summed E-state index contributed by atoms with van der Waals surface area (Å²) in [5, 5.41) is 12.5. The molecule has 27 valence electrons. The zero-order chi connectivity index (χ0) is 4.00. The Morgan fingerprint density at radius 3 is 0.833 bits per heavy atom. The SMILES string of the molecule is [C-]#N.[C-]#N.[Fe+2].[Na]. The van der Waals surface area contributed by atoms with E-state index in [1.54, 1.807) is 0 Å². The molecule has 0 aliphatic rings. The monoisotopic (exact) mass is 131 g/mol. The van der Waals surface area contributed by atoms with Crippen LogP contribution in [0.1, 0.15) is 0 Å². The van der Waals surface area contributed by atoms with Gasteiger partial charge in [0, 0.05) is 29.6 Å². The van der Waals surface area contributed by atoms with Gasteiger partial charge in [-0.1, -0.05) is 0 Å². The van der Waals surface area contributed by atoms with Crippen molar-refractivity contribution in [3.63, 3.8) is 0 Å². The van der Waals surface area contributed by atoms with Crippen LogP contribution in [-0.2, 0) is 17.1 Å². The van der Waals surface area contributed by atoms with E-state index < -0.39 is 0 Å². The Hall–Kier alpha value is 0.499. The van der Waals surface area contributed by atoms with Crippen LogP contribution in [0.25, 0.3) is 0 Å². The van der Waals surface area contributed by atoms with Crippen LogP contribution in [0.2, 0.25) is 0 Å². The van der Waals surface area contributed by atoms with Gasteiger partial charge >= 0.3 is 17.1 Å². The molecule has 0 aromatic heterocycles. The second kappa shape index (κ2) is 446. The maximum absolute atomic E-state index is 6.25. The average molecular weight is 131 g/mol. The molecular formula is C2FeN2Na. The number of hydrogen-bond donors (Lipinski definition) is 0. The van der Waals surface area contributed by atoms with Crippen LogP contribution in [0.5, 0.6) is 0 Å². The molecule has 0 spiro atoms. The van der Waals surface area contributed by atoms with Crippen molar-refractivity contribution in [3.05, 3.63) is 13.1 Å². The minimum Gasteiger partial charge on any atom is -0.512 e. The van der Waals surface area contributed by atoms with E-state index in [0.29, 0.717) is 0 Å². The van der Waals surface area contributed by atoms with Gasteiger partial charge < -0.3 is 23.7 Å². The van der Waals surface area contributed by atoms with E-state index in [2.05, 4.69) is 0 Å². The van der Waals surface area contributed by atoms with Crippen LogP contribution >= 0.6 is 0 Å². The van der Waals surface area contributed by atoms with Gasteiger partial charge in [0.1, 0.15) is 0 Å². The van der Waals surface area contributed by atoms with E-state index in [1.165, 1.54) is 0 Å². The molecule has 4 heteroatoms. The largest absolute Gasteiger partial charge is 2.00 e. The van der Waals surface area contributed by atoms with Crippen molar-refractivity contribution in [2.45, 2.75) is 0 Å². The summed E-state index contributed by atoms with van der Waals surface area (Å²) in [5.41, 5.74) is 0. The fraction of sp³-hybridized carbons (Fsp3) is 0. The van der Waals surface area contributed by atoms with E-state index in [0.717, 1.165) is 0 Å². The van der Waals surface area contributed by atoms with Crippen LogP contribution in [0.15, 0.2) is 0 Å². The molecule has 0 aromatic carbocycles. The van der Waals surface area contributed by atoms with Gasteiger partial charge in [-0.15, -0.1) is 0 Å². The molecule has 0 unspecified atom stereocenters. The predicted octanol–water partition coefficient (Wildman–Crippen LogP) is -0.191. The van der Waals surface area contributed by atoms with Crippen molar-refractivity contribution in [2.75, 3.05) is 0 Å². The minimum absolute atomic E-state index is 0. The maximum Gasteiger partial charge on any atom is 2.00 e. The number of rotatable bonds is 0. The van der Waals surface area contributed by atoms with E-state index in [4.69, 9.17) is 23.7 Å². The molecule has 0 rings (SSSR count). The van der Waals surface area contributed by atoms with Gasteiger partial charge in [-0.2, -0.15) is 0 Å². The third kappa shape index (κ3) is 221. The second-order valence-electron chi connectivity index (χ2n) is 0. The molecule has 0 amide bonds. The molecule has 0 atom stereocenters. The van der Waals surface area contributed by atoms with Gasteiger partial charge in [0.2, 0.25) is 0 Å². The molecule has 0 aliphatic heterocycles. The van der Waals surface area contributed by atoms with Gasteiger partial charge in [-0.25, -0.2) is 0 Å². The molecule has 0 saturated carbocycles. The molecule has 2 nitrogen and oxygen atoms in total. The van der Waals surface area contributed by atoms with Crippen LogP contribution in [0.4, 0.5) is 0 Å². The van der Waals surface area contributed by atoms with Crippen LogP contribution in [0.3, 0.4) is 0 Å². The van der Waals surface area contributed by atoms with E-state index >= 15 is 0 Å². The van der Waals surface area contributed by atoms with Crippen LogP contribution < -0.4 is 0 Å². The van der Waals surface area contributed by atoms with Gasteiger partial charge in [-0.3, -0.25) is 0 Å². The summed E-state index contributed by atoms with van der Waals surface area (Å²) in [7, 11) is 0. The summed E-state index contributed by atoms with van der Waals surface area (Å²) in [6.45, 7) is 9.50. The Morgan fingerprint density at radius 2 is 0.833 bits per heavy atom. The van der Waals surface area contributed by atoms with Crippen molar-refractivity contribution in [1.29, 1.82) is 10.5 Å². The van der Waals surface area contributed by atoms with Gasteiger partial charge in [0.25, 0.3) is 0 Å². The van der Waals surface area contributed by atoms with Gasteiger partial charge in [0.05, 0.1) is 0 Å². The quantitative estimate of drug-likeness (QED) is 0.337. The zero-order valence-corrected chi connectivity index (χ0v) is 6.35. The fourth-order valence-electron chi connectivity index (χ4n) is 0. The molecule has 0 aromatic rings. The third-order valence-corrected chi connectivity index (χ3v) is 0. The second-order valence-corrected chi connectivity index (χ2v) is 0. The molecule has 0 bridgehead atoms. The molecular weight excluding hydrogens is 131 g/mol. The standard InChI is InChI=1S/2CN.Fe.Na/c2*1-2;;/q2*-1;+2;. The summed E-state index contributed by atoms with van der Waals surface area (Å²) in [4.78, 5) is 0. The average Bonchev–Trinajstić information content (AvgIpc) is 1.50. The molecule has 6 heavy (non-hydrogen) atoms. The Labute approximate surface area is 69.9 Å². The van der Waals surface area contributed by atoms with E-state index in [-0.39, 0.29) is 46.6 Å². The first-order chi connectivity index (χ1) is 2.00. The van der Waals surface area contributed by atoms with Crippen molar-refractivity contribution >= 4 is 29.6 Å². The van der Waals surface area contributed by atoms with Crippen molar-refractivity contribution in [2.24, 2.45) is 0 Å². The smallest absolute Gasteiger partial charge is 0.512 e. The Bertz CT molecular complexity index is 27.0. The topological polar surface area (TPSA) is 47.6 Å². The molecule has 0 fully saturated rings. The third-order valence-electron chi connectivity index (χ3n) is 0. The Kier molecular flexibility index (Phi) is 2340. The maximum atomic E-state index is 6.25. The Morgan fingerprint density at radius 1 is 0.833 bits per heavy atom. The summed E-state index contributed by atoms with van der Waals surface area (Å²) in [6.07, 6.45) is 0. The predicted molar refractivity (Wildman–Crippen MR) is 15.7 cm³/mol. The summed E-state index contributed by atoms with van der Waals surface area (Å²) < 4.78 is 0. The van der Waals surface area contributed by atoms with E-state index in [1.807, 2.05) is 0 Å². The van der Waals surface area contributed by atoms with Gasteiger partial charge in [0.15, 0.2) is 0 Å². The number of nitrogens with zero attached hydrogens (tertiary/aromatic N) is 2. The molecule has 0 heterocycles. The first-order valence-corrected chi connectivity index (χ1v) is 0.447. The summed E-state index contributed by atoms with van der Waals surface area (Å²) in [5.74, 6) is 0. The van der Waals surface area contributed by atoms with E-state index in [9.17, 15) is 0 Å². The first-order valence-electron chi connectivity index (χ1n) is 0.447. The molecule has 0 N–H and O–H groups in total. The Balaban J connectivity index is -0.00000000500. The first kappa shape index (κ1) is 31.5. The molecule has 1 radical (unpaired) electrons. The van der Waals surface area contributed by atoms with Crippen molar-refractivity contribution < 1.29 is 17.1 Å². The fourth-order valence-corrected chi connectivity index (χ4v) is 0. The van der Waals surface area contributed by atoms with Crippen LogP contribution in [0, 0.1) is 23.7 Å². The zero-order valence-electron chi connectivity index (χ0n) is 3.25. The summed E-state index contributed by atoms with van der Waals surface area (Å²) >= 11 is 0. The van der Waals surface area contributed by atoms with Crippen molar-refractivity contribution in [3.8, 4) is 0 Å². The molecule has 0 saturated heterocycles. The van der Waals surface area contributed by atoms with Crippen LogP contribution in [-0.4, -0.2) is 29.6 Å². The summed E-state index contributed by atoms with van der Waals surface area (Å²) in [6, 6.07) is 0. The van der Waals surface area contributed by atoms with Gasteiger partial charge in [-0.05, 0) is 0 Å². The normalized spacial score (nSPS) is 0.667. The molecule has 0 aliphatic carbocycles.